The van der Waals surface area contributed by atoms with Gasteiger partial charge in [-0.25, -0.2) is 9.59 Å². The molecule has 27 heavy (non-hydrogen) atoms. The summed E-state index contributed by atoms with van der Waals surface area (Å²) < 4.78 is 10.0. The van der Waals surface area contributed by atoms with Gasteiger partial charge in [0, 0.05) is 16.7 Å². The van der Waals surface area contributed by atoms with E-state index in [-0.39, 0.29) is 35.2 Å². The number of anilines is 1. The lowest BCUT2D eigenvalue weighted by Crippen LogP contribution is -2.17. The van der Waals surface area contributed by atoms with E-state index in [4.69, 9.17) is 9.47 Å². The van der Waals surface area contributed by atoms with Crippen LogP contribution in [0, 0.1) is 0 Å². The van der Waals surface area contributed by atoms with Gasteiger partial charge in [-0.3, -0.25) is 4.79 Å². The number of thioether (sulfide) groups is 1. The van der Waals surface area contributed by atoms with E-state index in [0.29, 0.717) is 5.56 Å². The Labute approximate surface area is 166 Å². The van der Waals surface area contributed by atoms with Gasteiger partial charge in [-0.1, -0.05) is 12.1 Å². The molecule has 144 valence electrons. The van der Waals surface area contributed by atoms with Gasteiger partial charge in [-0.15, -0.1) is 11.3 Å². The molecule has 1 amide bonds. The zero-order valence-corrected chi connectivity index (χ0v) is 17.0. The normalized spacial score (nSPS) is 10.3. The number of rotatable bonds is 8. The third-order valence-corrected chi connectivity index (χ3v) is 5.04. The van der Waals surface area contributed by atoms with Crippen LogP contribution in [0.2, 0.25) is 0 Å². The average Bonchev–Trinajstić information content (AvgIpc) is 3.06. The molecule has 1 N–H and O–H groups in total. The Kier molecular flexibility index (Phi) is 7.87. The zero-order valence-electron chi connectivity index (χ0n) is 15.4. The fourth-order valence-electron chi connectivity index (χ4n) is 2.31. The van der Waals surface area contributed by atoms with Crippen LogP contribution < -0.4 is 5.32 Å². The first-order chi connectivity index (χ1) is 13.0. The van der Waals surface area contributed by atoms with Crippen LogP contribution in [-0.2, 0) is 15.2 Å². The van der Waals surface area contributed by atoms with Crippen molar-refractivity contribution in [2.75, 3.05) is 24.8 Å². The number of amides is 1. The minimum Gasteiger partial charge on any atom is -0.462 e. The van der Waals surface area contributed by atoms with Gasteiger partial charge in [-0.2, -0.15) is 11.8 Å². The Bertz CT molecular complexity index is 814. The number of nitrogens with one attached hydrogen (secondary N) is 1. The lowest BCUT2D eigenvalue weighted by molar-refractivity contribution is 0.0481. The molecule has 0 aliphatic rings. The van der Waals surface area contributed by atoms with Crippen LogP contribution in [0.25, 0.3) is 0 Å². The largest absolute Gasteiger partial charge is 0.462 e. The highest BCUT2D eigenvalue weighted by molar-refractivity contribution is 7.97. The van der Waals surface area contributed by atoms with Gasteiger partial charge in [0.1, 0.15) is 10.6 Å². The Hall–Kier alpha value is -2.32. The molecule has 8 heteroatoms. The number of ether oxygens (including phenoxy) is 2. The number of carbonyl (C=O) groups excluding carboxylic acids is 3. The van der Waals surface area contributed by atoms with Crippen molar-refractivity contribution in [3.8, 4) is 0 Å². The Morgan fingerprint density at radius 2 is 1.67 bits per heavy atom. The Morgan fingerprint density at radius 3 is 2.26 bits per heavy atom. The number of hydrogen-bond acceptors (Lipinski definition) is 7. The van der Waals surface area contributed by atoms with E-state index in [9.17, 15) is 14.4 Å². The molecule has 0 fully saturated rings. The first-order valence-corrected chi connectivity index (χ1v) is 10.6. The van der Waals surface area contributed by atoms with Crippen molar-refractivity contribution in [3.05, 3.63) is 51.9 Å². The maximum Gasteiger partial charge on any atom is 0.342 e. The maximum absolute atomic E-state index is 12.5. The topological polar surface area (TPSA) is 81.7 Å². The predicted octanol–water partition coefficient (Wildman–Crippen LogP) is 4.22. The van der Waals surface area contributed by atoms with Crippen molar-refractivity contribution >= 4 is 45.9 Å². The molecule has 0 saturated heterocycles. The quantitative estimate of drug-likeness (QED) is 0.660. The van der Waals surface area contributed by atoms with Crippen molar-refractivity contribution in [1.29, 1.82) is 0 Å². The van der Waals surface area contributed by atoms with E-state index in [0.717, 1.165) is 22.7 Å². The van der Waals surface area contributed by atoms with Gasteiger partial charge in [0.15, 0.2) is 0 Å². The average molecular weight is 408 g/mol. The predicted molar refractivity (Wildman–Crippen MR) is 108 cm³/mol. The number of carbonyl (C=O) groups is 3. The summed E-state index contributed by atoms with van der Waals surface area (Å²) in [5.41, 5.74) is 1.69. The monoisotopic (exact) mass is 407 g/mol. The fraction of sp³-hybridized carbons (Fsp3) is 0.316. The molecule has 0 spiro atoms. The summed E-state index contributed by atoms with van der Waals surface area (Å²) in [4.78, 5) is 37.0. The van der Waals surface area contributed by atoms with E-state index >= 15 is 0 Å². The summed E-state index contributed by atoms with van der Waals surface area (Å²) >= 11 is 2.78. The fourth-order valence-corrected chi connectivity index (χ4v) is 3.75. The van der Waals surface area contributed by atoms with Crippen LogP contribution in [0.4, 0.5) is 5.00 Å². The number of hydrogen-bond donors (Lipinski definition) is 1. The van der Waals surface area contributed by atoms with Gasteiger partial charge < -0.3 is 14.8 Å². The number of thiophene rings is 1. The second-order valence-corrected chi connectivity index (χ2v) is 7.12. The van der Waals surface area contributed by atoms with Gasteiger partial charge >= 0.3 is 11.9 Å². The minimum absolute atomic E-state index is 0.0210. The van der Waals surface area contributed by atoms with Crippen LogP contribution >= 0.6 is 23.1 Å². The molecule has 2 aromatic rings. The molecule has 0 saturated carbocycles. The molecule has 0 aliphatic heterocycles. The van der Waals surface area contributed by atoms with Crippen molar-refractivity contribution < 1.29 is 23.9 Å². The van der Waals surface area contributed by atoms with Crippen molar-refractivity contribution in [2.45, 2.75) is 19.6 Å². The SMILES string of the molecule is CCOC(=O)c1csc(NC(=O)c2ccc(CSC)cc2)c1C(=O)OCC. The highest BCUT2D eigenvalue weighted by Crippen LogP contribution is 2.30. The van der Waals surface area contributed by atoms with E-state index in [1.807, 2.05) is 18.4 Å². The first-order valence-electron chi connectivity index (χ1n) is 8.36. The molecule has 0 bridgehead atoms. The standard InChI is InChI=1S/C19H21NO5S2/c1-4-24-18(22)14-11-27-17(15(14)19(23)25-5-2)20-16(21)13-8-6-12(7-9-13)10-26-3/h6-9,11H,4-5,10H2,1-3H3,(H,20,21). The third kappa shape index (κ3) is 5.33. The molecular formula is C19H21NO5S2. The summed E-state index contributed by atoms with van der Waals surface area (Å²) in [5, 5.41) is 4.45. The van der Waals surface area contributed by atoms with E-state index in [1.165, 1.54) is 5.38 Å². The van der Waals surface area contributed by atoms with E-state index < -0.39 is 11.9 Å². The molecule has 1 aromatic heterocycles. The first kappa shape index (κ1) is 21.0. The lowest BCUT2D eigenvalue weighted by atomic mass is 10.1. The summed E-state index contributed by atoms with van der Waals surface area (Å²) in [7, 11) is 0. The smallest absolute Gasteiger partial charge is 0.342 e. The molecule has 0 aliphatic carbocycles. The molecule has 1 aromatic carbocycles. The van der Waals surface area contributed by atoms with Crippen molar-refractivity contribution in [3.63, 3.8) is 0 Å². The zero-order chi connectivity index (χ0) is 19.8. The molecular weight excluding hydrogens is 386 g/mol. The van der Waals surface area contributed by atoms with Gasteiger partial charge in [-0.05, 0) is 37.8 Å². The summed E-state index contributed by atoms with van der Waals surface area (Å²) in [6.45, 7) is 3.68. The highest BCUT2D eigenvalue weighted by atomic mass is 32.2. The van der Waals surface area contributed by atoms with Gasteiger partial charge in [0.25, 0.3) is 5.91 Å². The maximum atomic E-state index is 12.5. The molecule has 1 heterocycles. The Morgan fingerprint density at radius 1 is 1.04 bits per heavy atom. The van der Waals surface area contributed by atoms with Crippen molar-refractivity contribution in [2.24, 2.45) is 0 Å². The molecule has 2 rings (SSSR count). The van der Waals surface area contributed by atoms with Crippen LogP contribution in [-0.4, -0.2) is 37.3 Å². The van der Waals surface area contributed by atoms with E-state index in [2.05, 4.69) is 5.32 Å². The second kappa shape index (κ2) is 10.1. The number of esters is 2. The van der Waals surface area contributed by atoms with Gasteiger partial charge in [0.2, 0.25) is 0 Å². The molecule has 0 unspecified atom stereocenters. The minimum atomic E-state index is -0.674. The van der Waals surface area contributed by atoms with E-state index in [1.54, 1.807) is 37.7 Å². The van der Waals surface area contributed by atoms with Gasteiger partial charge in [0.05, 0.1) is 18.8 Å². The van der Waals surface area contributed by atoms with Crippen molar-refractivity contribution in [1.82, 2.24) is 0 Å². The second-order valence-electron chi connectivity index (χ2n) is 5.38. The van der Waals surface area contributed by atoms with Crippen LogP contribution in [0.5, 0.6) is 0 Å². The highest BCUT2D eigenvalue weighted by Gasteiger charge is 2.26. The third-order valence-electron chi connectivity index (χ3n) is 3.52. The Balaban J connectivity index is 2.27. The molecule has 0 atom stereocenters. The summed E-state index contributed by atoms with van der Waals surface area (Å²) in [6.07, 6.45) is 2.01. The number of benzene rings is 1. The summed E-state index contributed by atoms with van der Waals surface area (Å²) in [5.74, 6) is -0.803. The van der Waals surface area contributed by atoms with Crippen LogP contribution in [0.1, 0.15) is 50.5 Å². The lowest BCUT2D eigenvalue weighted by Gasteiger charge is -2.09. The molecule has 6 nitrogen and oxygen atoms in total. The van der Waals surface area contributed by atoms with Crippen LogP contribution in [0.15, 0.2) is 29.6 Å². The van der Waals surface area contributed by atoms with Crippen LogP contribution in [0.3, 0.4) is 0 Å². The molecule has 0 radical (unpaired) electrons. The summed E-state index contributed by atoms with van der Waals surface area (Å²) in [6, 6.07) is 7.22.